The summed E-state index contributed by atoms with van der Waals surface area (Å²) in [5.74, 6) is 0.293. The minimum atomic E-state index is 0.234. The summed E-state index contributed by atoms with van der Waals surface area (Å²) in [7, 11) is 0. The van der Waals surface area contributed by atoms with Gasteiger partial charge in [0, 0.05) is 33.6 Å². The molecule has 208 valence electrons. The molecule has 7 aromatic rings. The van der Waals surface area contributed by atoms with Gasteiger partial charge in [-0.1, -0.05) is 109 Å². The summed E-state index contributed by atoms with van der Waals surface area (Å²) in [5.41, 5.74) is 10.7. The molecule has 44 heavy (non-hydrogen) atoms. The van der Waals surface area contributed by atoms with Crippen LogP contribution in [0.15, 0.2) is 140 Å². The normalized spacial score (nSPS) is 18.4. The number of nitrogens with zero attached hydrogens (tertiary/aromatic N) is 2. The Morgan fingerprint density at radius 3 is 2.07 bits per heavy atom. The van der Waals surface area contributed by atoms with Crippen molar-refractivity contribution in [3.63, 3.8) is 0 Å². The van der Waals surface area contributed by atoms with Gasteiger partial charge in [-0.3, -0.25) is 0 Å². The van der Waals surface area contributed by atoms with Crippen LogP contribution < -0.4 is 4.90 Å². The molecule has 1 aliphatic heterocycles. The molecule has 2 heterocycles. The van der Waals surface area contributed by atoms with Crippen molar-refractivity contribution in [2.75, 3.05) is 4.90 Å². The van der Waals surface area contributed by atoms with Crippen LogP contribution in [0.5, 0.6) is 0 Å². The average molecular weight is 563 g/mol. The standard InChI is InChI=1S/C42H30N2/c1-2-12-30-27(11-1)21-26-34-31-13-3-4-16-35(31)42-41(40(30)34)36-17-7-10-20-39(36)44(42)29-24-22-28(23-25-29)43-37-18-8-5-14-32(37)33-15-6-9-19-38(33)43/h1-2,4-12,14-26,36,39H,3,13H2. The average Bonchev–Trinajstić information content (AvgIpc) is 3.62. The Balaban J connectivity index is 1.22. The van der Waals surface area contributed by atoms with Gasteiger partial charge in [-0.15, -0.1) is 0 Å². The molecule has 0 radical (unpaired) electrons. The van der Waals surface area contributed by atoms with Crippen LogP contribution in [0.3, 0.4) is 0 Å². The molecular weight excluding hydrogens is 532 g/mol. The van der Waals surface area contributed by atoms with E-state index in [-0.39, 0.29) is 6.04 Å². The van der Waals surface area contributed by atoms with E-state index >= 15 is 0 Å². The molecule has 2 heteroatoms. The molecule has 2 nitrogen and oxygen atoms in total. The van der Waals surface area contributed by atoms with E-state index in [1.165, 1.54) is 77.1 Å². The van der Waals surface area contributed by atoms with Crippen LogP contribution in [-0.4, -0.2) is 10.6 Å². The van der Waals surface area contributed by atoms with E-state index in [1.54, 1.807) is 0 Å². The number of hydrogen-bond acceptors (Lipinski definition) is 1. The van der Waals surface area contributed by atoms with Gasteiger partial charge in [0.2, 0.25) is 0 Å². The van der Waals surface area contributed by atoms with Crippen molar-refractivity contribution < 1.29 is 0 Å². The van der Waals surface area contributed by atoms with E-state index in [2.05, 4.69) is 155 Å². The number of allylic oxidation sites excluding steroid dienone is 3. The maximum atomic E-state index is 2.63. The van der Waals surface area contributed by atoms with Gasteiger partial charge >= 0.3 is 0 Å². The highest BCUT2D eigenvalue weighted by Crippen LogP contribution is 2.55. The van der Waals surface area contributed by atoms with Crippen LogP contribution in [0.1, 0.15) is 29.0 Å². The summed E-state index contributed by atoms with van der Waals surface area (Å²) in [5, 5.41) is 8.12. The predicted molar refractivity (Wildman–Crippen MR) is 187 cm³/mol. The van der Waals surface area contributed by atoms with Crippen LogP contribution in [0, 0.1) is 0 Å². The number of para-hydroxylation sites is 2. The Labute approximate surface area is 256 Å². The second kappa shape index (κ2) is 9.08. The van der Waals surface area contributed by atoms with Crippen LogP contribution in [-0.2, 0) is 6.42 Å². The second-order valence-electron chi connectivity index (χ2n) is 12.3. The number of rotatable bonds is 2. The van der Waals surface area contributed by atoms with Gasteiger partial charge in [0.15, 0.2) is 0 Å². The lowest BCUT2D eigenvalue weighted by Crippen LogP contribution is -2.28. The molecule has 2 aliphatic carbocycles. The Bertz CT molecular complexity index is 2350. The van der Waals surface area contributed by atoms with Gasteiger partial charge in [0.05, 0.1) is 22.8 Å². The first-order valence-electron chi connectivity index (χ1n) is 15.8. The number of benzene rings is 6. The lowest BCUT2D eigenvalue weighted by Gasteiger charge is -2.30. The maximum Gasteiger partial charge on any atom is 0.0630 e. The highest BCUT2D eigenvalue weighted by Gasteiger charge is 2.41. The first kappa shape index (κ1) is 24.1. The second-order valence-corrected chi connectivity index (χ2v) is 12.3. The van der Waals surface area contributed by atoms with Crippen LogP contribution >= 0.6 is 0 Å². The topological polar surface area (TPSA) is 8.17 Å². The molecule has 0 fully saturated rings. The van der Waals surface area contributed by atoms with Gasteiger partial charge in [-0.25, -0.2) is 0 Å². The molecule has 2 atom stereocenters. The molecule has 0 amide bonds. The van der Waals surface area contributed by atoms with E-state index in [9.17, 15) is 0 Å². The number of hydrogen-bond donors (Lipinski definition) is 0. The smallest absolute Gasteiger partial charge is 0.0630 e. The van der Waals surface area contributed by atoms with E-state index < -0.39 is 0 Å². The lowest BCUT2D eigenvalue weighted by atomic mass is 9.81. The fraction of sp³-hybridized carbons (Fsp3) is 0.0952. The van der Waals surface area contributed by atoms with Crippen molar-refractivity contribution in [3.8, 4) is 5.69 Å². The molecule has 0 N–H and O–H groups in total. The molecule has 1 aromatic heterocycles. The molecule has 0 spiro atoms. The van der Waals surface area contributed by atoms with Crippen molar-refractivity contribution in [1.29, 1.82) is 0 Å². The largest absolute Gasteiger partial charge is 0.333 e. The van der Waals surface area contributed by atoms with E-state index in [0.717, 1.165) is 12.8 Å². The third kappa shape index (κ3) is 3.20. The zero-order valence-corrected chi connectivity index (χ0v) is 24.3. The van der Waals surface area contributed by atoms with E-state index in [1.807, 2.05) is 0 Å². The first-order chi connectivity index (χ1) is 21.9. The summed E-state index contributed by atoms with van der Waals surface area (Å²) >= 11 is 0. The Hall–Kier alpha value is -5.34. The Kier molecular flexibility index (Phi) is 4.98. The number of aryl methyl sites for hydroxylation is 1. The zero-order chi connectivity index (χ0) is 28.8. The Morgan fingerprint density at radius 1 is 0.591 bits per heavy atom. The van der Waals surface area contributed by atoms with Gasteiger partial charge in [-0.2, -0.15) is 0 Å². The first-order valence-corrected chi connectivity index (χ1v) is 15.8. The molecule has 6 aromatic carbocycles. The van der Waals surface area contributed by atoms with Gasteiger partial charge in [0.1, 0.15) is 0 Å². The van der Waals surface area contributed by atoms with E-state index in [0.29, 0.717) is 5.92 Å². The molecular formula is C42H30N2. The van der Waals surface area contributed by atoms with Gasteiger partial charge < -0.3 is 9.47 Å². The van der Waals surface area contributed by atoms with Crippen molar-refractivity contribution in [2.45, 2.75) is 24.8 Å². The lowest BCUT2D eigenvalue weighted by molar-refractivity contribution is 0.747. The molecule has 3 aliphatic rings. The fourth-order valence-corrected chi connectivity index (χ4v) is 8.35. The minimum absolute atomic E-state index is 0.234. The fourth-order valence-electron chi connectivity index (χ4n) is 8.35. The quantitative estimate of drug-likeness (QED) is 0.190. The summed E-state index contributed by atoms with van der Waals surface area (Å²) < 4.78 is 2.41. The Morgan fingerprint density at radius 2 is 1.27 bits per heavy atom. The van der Waals surface area contributed by atoms with Crippen LogP contribution in [0.2, 0.25) is 0 Å². The van der Waals surface area contributed by atoms with Crippen LogP contribution in [0.25, 0.3) is 55.1 Å². The number of fused-ring (bicyclic) bond motifs is 13. The minimum Gasteiger partial charge on any atom is -0.333 e. The van der Waals surface area contributed by atoms with Gasteiger partial charge in [-0.05, 0) is 81.9 Å². The van der Waals surface area contributed by atoms with Crippen molar-refractivity contribution in [3.05, 3.63) is 156 Å². The third-order valence-electron chi connectivity index (χ3n) is 10.1. The van der Waals surface area contributed by atoms with Crippen molar-refractivity contribution >= 4 is 60.8 Å². The van der Waals surface area contributed by atoms with Crippen molar-refractivity contribution in [1.82, 2.24) is 4.57 Å². The molecule has 0 saturated heterocycles. The molecule has 2 unspecified atom stereocenters. The maximum absolute atomic E-state index is 2.63. The number of anilines is 2. The summed E-state index contributed by atoms with van der Waals surface area (Å²) in [6, 6.07) is 40.7. The summed E-state index contributed by atoms with van der Waals surface area (Å²) in [6.45, 7) is 0. The highest BCUT2D eigenvalue weighted by atomic mass is 15.2. The zero-order valence-electron chi connectivity index (χ0n) is 24.3. The van der Waals surface area contributed by atoms with Crippen molar-refractivity contribution in [2.24, 2.45) is 0 Å². The van der Waals surface area contributed by atoms with E-state index in [4.69, 9.17) is 0 Å². The predicted octanol–water partition coefficient (Wildman–Crippen LogP) is 10.8. The SMILES string of the molecule is C1=CC2c3c(c4c(c5ccc6ccccc6c35)CCC=C4)N(c3ccc(-n4c5ccccc5c5ccccc54)cc3)C2C=C1. The summed E-state index contributed by atoms with van der Waals surface area (Å²) in [4.78, 5) is 2.63. The third-order valence-corrected chi connectivity index (χ3v) is 10.1. The van der Waals surface area contributed by atoms with Crippen LogP contribution in [0.4, 0.5) is 11.4 Å². The highest BCUT2D eigenvalue weighted by molar-refractivity contribution is 6.15. The molecule has 0 saturated carbocycles. The number of aromatic nitrogens is 1. The summed E-state index contributed by atoms with van der Waals surface area (Å²) in [6.07, 6.45) is 16.2. The molecule has 10 rings (SSSR count). The monoisotopic (exact) mass is 562 g/mol. The van der Waals surface area contributed by atoms with Gasteiger partial charge in [0.25, 0.3) is 0 Å². The molecule has 0 bridgehead atoms.